The number of aryl methyl sites for hydroxylation is 1. The van der Waals surface area contributed by atoms with Crippen LogP contribution in [-0.4, -0.2) is 47.8 Å². The maximum Gasteiger partial charge on any atom is 0.289 e. The molecule has 0 aliphatic carbocycles. The number of hydrogen-bond acceptors (Lipinski definition) is 3. The highest BCUT2D eigenvalue weighted by Gasteiger charge is 2.25. The molecule has 1 fully saturated rings. The standard InChI is InChI=1S/C17H19BrN2O3/c1-11-14-10-13(18)4-5-15(14)23-16(11)17(22)20-7-3-6-19(8-9-20)12(2)21/h4-5,10H,3,6-9H2,1-2H3. The SMILES string of the molecule is CC(=O)N1CCCN(C(=O)c2oc3ccc(Br)cc3c2C)CC1. The zero-order valence-electron chi connectivity index (χ0n) is 13.3. The van der Waals surface area contributed by atoms with Gasteiger partial charge in [0.15, 0.2) is 5.76 Å². The molecule has 1 aliphatic heterocycles. The second-order valence-electron chi connectivity index (χ2n) is 5.85. The zero-order chi connectivity index (χ0) is 16.6. The maximum absolute atomic E-state index is 12.8. The molecule has 122 valence electrons. The van der Waals surface area contributed by atoms with Gasteiger partial charge in [-0.2, -0.15) is 0 Å². The van der Waals surface area contributed by atoms with Gasteiger partial charge in [-0.15, -0.1) is 0 Å². The van der Waals surface area contributed by atoms with Crippen LogP contribution in [0.15, 0.2) is 27.1 Å². The van der Waals surface area contributed by atoms with E-state index in [1.807, 2.05) is 25.1 Å². The van der Waals surface area contributed by atoms with Crippen molar-refractivity contribution in [2.75, 3.05) is 26.2 Å². The summed E-state index contributed by atoms with van der Waals surface area (Å²) in [6.07, 6.45) is 0.788. The fourth-order valence-corrected chi connectivity index (χ4v) is 3.34. The lowest BCUT2D eigenvalue weighted by atomic mass is 10.1. The van der Waals surface area contributed by atoms with Crippen LogP contribution < -0.4 is 0 Å². The number of furan rings is 1. The summed E-state index contributed by atoms with van der Waals surface area (Å²) in [7, 11) is 0. The molecule has 0 saturated carbocycles. The van der Waals surface area contributed by atoms with Crippen molar-refractivity contribution in [1.29, 1.82) is 0 Å². The fraction of sp³-hybridized carbons (Fsp3) is 0.412. The Balaban J connectivity index is 1.85. The molecule has 2 amide bonds. The Bertz CT molecular complexity index is 769. The lowest BCUT2D eigenvalue weighted by Crippen LogP contribution is -2.36. The molecule has 1 saturated heterocycles. The molecule has 2 aromatic rings. The zero-order valence-corrected chi connectivity index (χ0v) is 14.9. The predicted octanol–water partition coefficient (Wildman–Crippen LogP) is 3.20. The Morgan fingerprint density at radius 3 is 2.57 bits per heavy atom. The van der Waals surface area contributed by atoms with Gasteiger partial charge in [0, 0.05) is 48.5 Å². The molecule has 5 nitrogen and oxygen atoms in total. The summed E-state index contributed by atoms with van der Waals surface area (Å²) in [4.78, 5) is 27.9. The number of halogens is 1. The van der Waals surface area contributed by atoms with E-state index >= 15 is 0 Å². The van der Waals surface area contributed by atoms with E-state index in [2.05, 4.69) is 15.9 Å². The van der Waals surface area contributed by atoms with Gasteiger partial charge in [-0.05, 0) is 31.5 Å². The maximum atomic E-state index is 12.8. The lowest BCUT2D eigenvalue weighted by Gasteiger charge is -2.20. The predicted molar refractivity (Wildman–Crippen MR) is 91.4 cm³/mol. The van der Waals surface area contributed by atoms with E-state index in [0.717, 1.165) is 21.8 Å². The molecule has 0 bridgehead atoms. The summed E-state index contributed by atoms with van der Waals surface area (Å²) in [5, 5.41) is 0.947. The molecule has 3 rings (SSSR count). The van der Waals surface area contributed by atoms with Gasteiger partial charge in [0.05, 0.1) is 0 Å². The highest BCUT2D eigenvalue weighted by molar-refractivity contribution is 9.10. The van der Waals surface area contributed by atoms with Crippen molar-refractivity contribution in [2.24, 2.45) is 0 Å². The van der Waals surface area contributed by atoms with Gasteiger partial charge in [-0.25, -0.2) is 0 Å². The summed E-state index contributed by atoms with van der Waals surface area (Å²) in [6.45, 7) is 5.93. The number of benzene rings is 1. The minimum Gasteiger partial charge on any atom is -0.451 e. The molecule has 1 aromatic heterocycles. The molecule has 1 aromatic carbocycles. The van der Waals surface area contributed by atoms with E-state index in [0.29, 0.717) is 37.5 Å². The molecule has 0 atom stereocenters. The van der Waals surface area contributed by atoms with Crippen molar-refractivity contribution in [2.45, 2.75) is 20.3 Å². The van der Waals surface area contributed by atoms with E-state index in [4.69, 9.17) is 4.42 Å². The average molecular weight is 379 g/mol. The monoisotopic (exact) mass is 378 g/mol. The molecule has 1 aliphatic rings. The molecular formula is C17H19BrN2O3. The van der Waals surface area contributed by atoms with Gasteiger partial charge in [-0.3, -0.25) is 9.59 Å². The van der Waals surface area contributed by atoms with Crippen molar-refractivity contribution in [3.8, 4) is 0 Å². The van der Waals surface area contributed by atoms with Crippen LogP contribution in [0.3, 0.4) is 0 Å². The highest BCUT2D eigenvalue weighted by atomic mass is 79.9. The Hall–Kier alpha value is -1.82. The van der Waals surface area contributed by atoms with Crippen molar-refractivity contribution in [1.82, 2.24) is 9.80 Å². The van der Waals surface area contributed by atoms with E-state index in [1.54, 1.807) is 16.7 Å². The van der Waals surface area contributed by atoms with Crippen LogP contribution in [-0.2, 0) is 4.79 Å². The first-order chi connectivity index (χ1) is 11.0. The van der Waals surface area contributed by atoms with Gasteiger partial charge in [0.1, 0.15) is 5.58 Å². The Labute approximate surface area is 143 Å². The van der Waals surface area contributed by atoms with E-state index in [-0.39, 0.29) is 11.8 Å². The summed E-state index contributed by atoms with van der Waals surface area (Å²) in [5.41, 5.74) is 1.58. The number of rotatable bonds is 1. The minimum absolute atomic E-state index is 0.0593. The molecule has 0 radical (unpaired) electrons. The van der Waals surface area contributed by atoms with Crippen LogP contribution in [0.1, 0.15) is 29.5 Å². The molecule has 0 N–H and O–H groups in total. The largest absolute Gasteiger partial charge is 0.451 e. The Morgan fingerprint density at radius 2 is 1.83 bits per heavy atom. The summed E-state index contributed by atoms with van der Waals surface area (Å²) in [6, 6.07) is 5.73. The molecule has 0 spiro atoms. The van der Waals surface area contributed by atoms with E-state index < -0.39 is 0 Å². The second-order valence-corrected chi connectivity index (χ2v) is 6.76. The van der Waals surface area contributed by atoms with Crippen LogP contribution in [0, 0.1) is 6.92 Å². The number of carbonyl (C=O) groups excluding carboxylic acids is 2. The van der Waals surface area contributed by atoms with Crippen LogP contribution in [0.5, 0.6) is 0 Å². The molecule has 0 unspecified atom stereocenters. The Kier molecular flexibility index (Phi) is 4.43. The lowest BCUT2D eigenvalue weighted by molar-refractivity contribution is -0.128. The first-order valence-electron chi connectivity index (χ1n) is 7.71. The number of carbonyl (C=O) groups is 2. The molecule has 23 heavy (non-hydrogen) atoms. The third-order valence-corrected chi connectivity index (χ3v) is 4.81. The quantitative estimate of drug-likeness (QED) is 0.765. The minimum atomic E-state index is -0.0970. The van der Waals surface area contributed by atoms with Gasteiger partial charge >= 0.3 is 0 Å². The van der Waals surface area contributed by atoms with Crippen molar-refractivity contribution in [3.05, 3.63) is 34.0 Å². The molecular weight excluding hydrogens is 360 g/mol. The van der Waals surface area contributed by atoms with Crippen LogP contribution in [0.2, 0.25) is 0 Å². The summed E-state index contributed by atoms with van der Waals surface area (Å²) < 4.78 is 6.75. The van der Waals surface area contributed by atoms with Gasteiger partial charge < -0.3 is 14.2 Å². The number of nitrogens with zero attached hydrogens (tertiary/aromatic N) is 2. The van der Waals surface area contributed by atoms with Crippen molar-refractivity contribution >= 4 is 38.7 Å². The third kappa shape index (κ3) is 3.13. The molecule has 2 heterocycles. The van der Waals surface area contributed by atoms with Crippen LogP contribution >= 0.6 is 15.9 Å². The van der Waals surface area contributed by atoms with E-state index in [9.17, 15) is 9.59 Å². The van der Waals surface area contributed by atoms with Gasteiger partial charge in [0.25, 0.3) is 5.91 Å². The molecule has 6 heteroatoms. The topological polar surface area (TPSA) is 53.8 Å². The second kappa shape index (κ2) is 6.35. The first-order valence-corrected chi connectivity index (χ1v) is 8.50. The fourth-order valence-electron chi connectivity index (χ4n) is 2.98. The highest BCUT2D eigenvalue weighted by Crippen LogP contribution is 2.29. The summed E-state index contributed by atoms with van der Waals surface area (Å²) in [5.74, 6) is 0.360. The number of hydrogen-bond donors (Lipinski definition) is 0. The number of fused-ring (bicyclic) bond motifs is 1. The smallest absolute Gasteiger partial charge is 0.289 e. The number of amides is 2. The van der Waals surface area contributed by atoms with Crippen molar-refractivity contribution in [3.63, 3.8) is 0 Å². The van der Waals surface area contributed by atoms with Crippen molar-refractivity contribution < 1.29 is 14.0 Å². The third-order valence-electron chi connectivity index (χ3n) is 4.32. The van der Waals surface area contributed by atoms with Crippen LogP contribution in [0.25, 0.3) is 11.0 Å². The van der Waals surface area contributed by atoms with Gasteiger partial charge in [0.2, 0.25) is 5.91 Å². The average Bonchev–Trinajstić information content (AvgIpc) is 2.72. The normalized spacial score (nSPS) is 15.8. The van der Waals surface area contributed by atoms with E-state index in [1.165, 1.54) is 0 Å². The first kappa shape index (κ1) is 16.1. The van der Waals surface area contributed by atoms with Crippen LogP contribution in [0.4, 0.5) is 0 Å². The summed E-state index contributed by atoms with van der Waals surface area (Å²) >= 11 is 3.45. The van der Waals surface area contributed by atoms with Gasteiger partial charge in [-0.1, -0.05) is 15.9 Å². The Morgan fingerprint density at radius 1 is 1.13 bits per heavy atom.